The van der Waals surface area contributed by atoms with Gasteiger partial charge in [0, 0.05) is 16.3 Å². The Kier molecular flexibility index (Phi) is 4.60. The van der Waals surface area contributed by atoms with E-state index in [1.165, 1.54) is 54.4 Å². The third-order valence-electron chi connectivity index (χ3n) is 7.29. The molecule has 4 fully saturated rings. The van der Waals surface area contributed by atoms with Gasteiger partial charge >= 0.3 is 0 Å². The van der Waals surface area contributed by atoms with Crippen molar-refractivity contribution in [3.05, 3.63) is 34.7 Å². The second kappa shape index (κ2) is 6.47. The molecule has 1 saturated carbocycles. The molecule has 0 unspecified atom stereocenters. The minimum atomic E-state index is 0. The Balaban J connectivity index is 0.00000180. The van der Waals surface area contributed by atoms with E-state index in [4.69, 9.17) is 0 Å². The number of amides is 1. The summed E-state index contributed by atoms with van der Waals surface area (Å²) in [4.78, 5) is 16.5. The van der Waals surface area contributed by atoms with Gasteiger partial charge in [0.25, 0.3) is 5.91 Å². The molecule has 3 nitrogen and oxygen atoms in total. The fourth-order valence-electron chi connectivity index (χ4n) is 5.20. The average Bonchev–Trinajstić information content (AvgIpc) is 3.21. The zero-order chi connectivity index (χ0) is 18.1. The Morgan fingerprint density at radius 3 is 2.52 bits per heavy atom. The molecule has 3 saturated heterocycles. The zero-order valence-electron chi connectivity index (χ0n) is 16.4. The number of fused-ring (bicyclic) bond motifs is 4. The molecule has 0 radical (unpaired) electrons. The van der Waals surface area contributed by atoms with Crippen LogP contribution in [0.2, 0.25) is 0 Å². The number of hydrogen-bond acceptors (Lipinski definition) is 3. The zero-order valence-corrected chi connectivity index (χ0v) is 18.0. The van der Waals surface area contributed by atoms with Gasteiger partial charge in [-0.2, -0.15) is 0 Å². The van der Waals surface area contributed by atoms with Gasteiger partial charge in [0.05, 0.1) is 4.88 Å². The number of rotatable bonds is 3. The SMILES string of the molecule is CC1(c2cccc3cc(C(=O)N[C@@H]4C5CCN(CC5)C4(C)C)sc23)CC1.Cl. The number of carbonyl (C=O) groups is 1. The first kappa shape index (κ1) is 19.2. The van der Waals surface area contributed by atoms with Crippen LogP contribution in [0.3, 0.4) is 0 Å². The standard InChI is InChI=1S/C22H28N2OS.ClH/c1-21(2)19(14-7-11-24(21)12-8-14)23-20(25)17-13-15-5-4-6-16(18(15)26-17)22(3)9-10-22;/h4-6,13-14,19H,7-12H2,1-3H3,(H,23,25);1H/t19-;/m1./s1. The average molecular weight is 405 g/mol. The van der Waals surface area contributed by atoms with E-state index in [-0.39, 0.29) is 29.9 Å². The number of benzene rings is 1. The second-order valence-electron chi connectivity index (χ2n) is 9.32. The predicted octanol–water partition coefficient (Wildman–Crippen LogP) is 4.98. The van der Waals surface area contributed by atoms with Crippen LogP contribution in [0, 0.1) is 5.92 Å². The predicted molar refractivity (Wildman–Crippen MR) is 115 cm³/mol. The topological polar surface area (TPSA) is 32.3 Å². The molecule has 0 spiro atoms. The molecule has 4 aliphatic rings. The van der Waals surface area contributed by atoms with E-state index in [9.17, 15) is 4.79 Å². The number of thiophene rings is 1. The number of nitrogens with one attached hydrogen (secondary N) is 1. The number of hydrogen-bond donors (Lipinski definition) is 1. The molecule has 1 N–H and O–H groups in total. The lowest BCUT2D eigenvalue weighted by Crippen LogP contribution is -2.69. The van der Waals surface area contributed by atoms with Crippen LogP contribution >= 0.6 is 23.7 Å². The third-order valence-corrected chi connectivity index (χ3v) is 8.47. The highest BCUT2D eigenvalue weighted by molar-refractivity contribution is 7.21. The van der Waals surface area contributed by atoms with Crippen molar-refractivity contribution < 1.29 is 4.79 Å². The molecule has 146 valence electrons. The first-order valence-electron chi connectivity index (χ1n) is 9.97. The Bertz CT molecular complexity index is 878. The van der Waals surface area contributed by atoms with E-state index in [1.807, 2.05) is 0 Å². The molecule has 1 aliphatic carbocycles. The summed E-state index contributed by atoms with van der Waals surface area (Å²) < 4.78 is 1.31. The van der Waals surface area contributed by atoms with Crippen LogP contribution in [0.5, 0.6) is 0 Å². The smallest absolute Gasteiger partial charge is 0.261 e. The highest BCUT2D eigenvalue weighted by Gasteiger charge is 2.48. The van der Waals surface area contributed by atoms with E-state index >= 15 is 0 Å². The van der Waals surface area contributed by atoms with E-state index in [2.05, 4.69) is 55.3 Å². The number of halogens is 1. The van der Waals surface area contributed by atoms with Gasteiger partial charge in [0.2, 0.25) is 0 Å². The summed E-state index contributed by atoms with van der Waals surface area (Å²) in [6.45, 7) is 9.28. The number of piperidine rings is 3. The Morgan fingerprint density at radius 2 is 1.89 bits per heavy atom. The van der Waals surface area contributed by atoms with Crippen molar-refractivity contribution in [2.75, 3.05) is 13.1 Å². The van der Waals surface area contributed by atoms with Crippen molar-refractivity contribution >= 4 is 39.7 Å². The van der Waals surface area contributed by atoms with Crippen molar-refractivity contribution in [1.82, 2.24) is 10.2 Å². The quantitative estimate of drug-likeness (QED) is 0.782. The van der Waals surface area contributed by atoms with Crippen LogP contribution in [0.1, 0.15) is 61.7 Å². The molecule has 4 heterocycles. The van der Waals surface area contributed by atoms with Gasteiger partial charge in [-0.25, -0.2) is 0 Å². The molecular weight excluding hydrogens is 376 g/mol. The summed E-state index contributed by atoms with van der Waals surface area (Å²) in [6, 6.07) is 8.90. The van der Waals surface area contributed by atoms with Gasteiger partial charge in [-0.05, 0) is 81.0 Å². The summed E-state index contributed by atoms with van der Waals surface area (Å²) in [5.74, 6) is 0.735. The highest BCUT2D eigenvalue weighted by atomic mass is 35.5. The summed E-state index contributed by atoms with van der Waals surface area (Å²) in [6.07, 6.45) is 4.95. The Labute approximate surface area is 171 Å². The monoisotopic (exact) mass is 404 g/mol. The summed E-state index contributed by atoms with van der Waals surface area (Å²) >= 11 is 1.68. The van der Waals surface area contributed by atoms with Crippen molar-refractivity contribution in [2.24, 2.45) is 5.92 Å². The first-order valence-corrected chi connectivity index (χ1v) is 10.8. The molecule has 5 heteroatoms. The number of carbonyl (C=O) groups excluding carboxylic acids is 1. The minimum Gasteiger partial charge on any atom is -0.346 e. The van der Waals surface area contributed by atoms with Gasteiger partial charge in [-0.15, -0.1) is 23.7 Å². The maximum atomic E-state index is 13.1. The first-order chi connectivity index (χ1) is 12.4. The molecule has 6 rings (SSSR count). The van der Waals surface area contributed by atoms with Gasteiger partial charge in [0.1, 0.15) is 0 Å². The van der Waals surface area contributed by atoms with Gasteiger partial charge in [-0.3, -0.25) is 9.69 Å². The van der Waals surface area contributed by atoms with Crippen molar-refractivity contribution in [2.45, 2.75) is 63.5 Å². The molecule has 3 aliphatic heterocycles. The van der Waals surface area contributed by atoms with Gasteiger partial charge in [0.15, 0.2) is 0 Å². The normalized spacial score (nSPS) is 30.0. The second-order valence-corrected chi connectivity index (χ2v) is 10.4. The highest BCUT2D eigenvalue weighted by Crippen LogP contribution is 2.51. The fourth-order valence-corrected chi connectivity index (χ4v) is 6.42. The van der Waals surface area contributed by atoms with E-state index in [0.717, 1.165) is 4.88 Å². The number of nitrogens with zero attached hydrogens (tertiary/aromatic N) is 1. The van der Waals surface area contributed by atoms with Crippen LogP contribution in [-0.2, 0) is 5.41 Å². The molecule has 1 aromatic heterocycles. The summed E-state index contributed by atoms with van der Waals surface area (Å²) in [7, 11) is 0. The van der Waals surface area contributed by atoms with Crippen molar-refractivity contribution in [1.29, 1.82) is 0 Å². The van der Waals surface area contributed by atoms with E-state index in [1.54, 1.807) is 11.3 Å². The Hall–Kier alpha value is -1.10. The van der Waals surface area contributed by atoms with E-state index in [0.29, 0.717) is 11.3 Å². The van der Waals surface area contributed by atoms with Crippen LogP contribution in [-0.4, -0.2) is 35.5 Å². The summed E-state index contributed by atoms with van der Waals surface area (Å²) in [5.41, 5.74) is 1.82. The molecule has 2 bridgehead atoms. The van der Waals surface area contributed by atoms with Gasteiger partial charge < -0.3 is 5.32 Å². The van der Waals surface area contributed by atoms with Crippen LogP contribution in [0.15, 0.2) is 24.3 Å². The van der Waals surface area contributed by atoms with Crippen LogP contribution < -0.4 is 5.32 Å². The maximum Gasteiger partial charge on any atom is 0.261 e. The molecular formula is C22H29ClN2OS. The molecule has 2 aromatic rings. The minimum absolute atomic E-state index is 0. The van der Waals surface area contributed by atoms with Gasteiger partial charge in [-0.1, -0.05) is 25.1 Å². The lowest BCUT2D eigenvalue weighted by molar-refractivity contribution is -0.0377. The lowest BCUT2D eigenvalue weighted by Gasteiger charge is -2.56. The molecule has 27 heavy (non-hydrogen) atoms. The Morgan fingerprint density at radius 1 is 1.19 bits per heavy atom. The summed E-state index contributed by atoms with van der Waals surface area (Å²) in [5, 5.41) is 4.64. The maximum absolute atomic E-state index is 13.1. The fraction of sp³-hybridized carbons (Fsp3) is 0.591. The lowest BCUT2D eigenvalue weighted by atomic mass is 9.72. The molecule has 1 atom stereocenters. The van der Waals surface area contributed by atoms with Crippen molar-refractivity contribution in [3.63, 3.8) is 0 Å². The largest absolute Gasteiger partial charge is 0.346 e. The van der Waals surface area contributed by atoms with Crippen LogP contribution in [0.4, 0.5) is 0 Å². The molecule has 1 amide bonds. The van der Waals surface area contributed by atoms with E-state index < -0.39 is 0 Å². The van der Waals surface area contributed by atoms with Crippen molar-refractivity contribution in [3.8, 4) is 0 Å². The third kappa shape index (κ3) is 3.01. The van der Waals surface area contributed by atoms with Crippen LogP contribution in [0.25, 0.3) is 10.1 Å². The molecule has 1 aromatic carbocycles.